The lowest BCUT2D eigenvalue weighted by Crippen LogP contribution is -2.39. The molecule has 2 fully saturated rings. The Balaban J connectivity index is 1.57. The van der Waals surface area contributed by atoms with Gasteiger partial charge in [0.1, 0.15) is 5.75 Å². The molecule has 130 valence electrons. The molecule has 5 nitrogen and oxygen atoms in total. The molecular weight excluding hydrogens is 328 g/mol. The van der Waals surface area contributed by atoms with Gasteiger partial charge in [0.2, 0.25) is 0 Å². The maximum atomic E-state index is 10.4. The van der Waals surface area contributed by atoms with Gasteiger partial charge in [0, 0.05) is 11.3 Å². The molecule has 0 amide bonds. The second kappa shape index (κ2) is 6.35. The number of allylic oxidation sites excluding steroid dienone is 2. The van der Waals surface area contributed by atoms with Crippen LogP contribution in [0.4, 0.5) is 0 Å². The zero-order chi connectivity index (χ0) is 16.7. The maximum Gasteiger partial charge on any atom is 0.261 e. The fourth-order valence-corrected chi connectivity index (χ4v) is 5.27. The van der Waals surface area contributed by atoms with E-state index in [-0.39, 0.29) is 11.5 Å². The van der Waals surface area contributed by atoms with Gasteiger partial charge in [-0.2, -0.15) is 0 Å². The average molecular weight is 350 g/mol. The quantitative estimate of drug-likeness (QED) is 0.279. The van der Waals surface area contributed by atoms with Crippen molar-refractivity contribution in [1.29, 1.82) is 0 Å². The van der Waals surface area contributed by atoms with Gasteiger partial charge in [-0.1, -0.05) is 34.0 Å². The second-order valence-corrected chi connectivity index (χ2v) is 7.74. The first kappa shape index (κ1) is 16.4. The summed E-state index contributed by atoms with van der Waals surface area (Å²) in [5.74, 6) is 1.65. The summed E-state index contributed by atoms with van der Waals surface area (Å²) in [5, 5.41) is 22.1. The zero-order valence-electron chi connectivity index (χ0n) is 13.6. The molecule has 3 aliphatic rings. The highest BCUT2D eigenvalue weighted by molar-refractivity contribution is 7.90. The highest BCUT2D eigenvalue weighted by atomic mass is 32.2. The number of aliphatic hydroxyl groups excluding tert-OH is 1. The molecule has 6 heteroatoms. The largest absolute Gasteiger partial charge is 0.399 e. The zero-order valence-corrected chi connectivity index (χ0v) is 14.4. The Bertz CT molecular complexity index is 661. The van der Waals surface area contributed by atoms with Gasteiger partial charge in [-0.3, -0.25) is 0 Å². The summed E-state index contributed by atoms with van der Waals surface area (Å²) in [6, 6.07) is 6.08. The first-order valence-electron chi connectivity index (χ1n) is 8.46. The first-order valence-corrected chi connectivity index (χ1v) is 9.12. The number of hydrogen-bond acceptors (Lipinski definition) is 6. The van der Waals surface area contributed by atoms with E-state index in [1.165, 1.54) is 16.7 Å². The van der Waals surface area contributed by atoms with Crippen LogP contribution < -0.4 is 4.18 Å². The lowest BCUT2D eigenvalue weighted by atomic mass is 9.59. The molecule has 0 bridgehead atoms. The van der Waals surface area contributed by atoms with Crippen LogP contribution in [0.15, 0.2) is 29.8 Å². The van der Waals surface area contributed by atoms with E-state index in [9.17, 15) is 5.11 Å². The number of hydrogen-bond donors (Lipinski definition) is 2. The molecule has 0 radical (unpaired) electrons. The highest BCUT2D eigenvalue weighted by Gasteiger charge is 2.51. The molecule has 24 heavy (non-hydrogen) atoms. The second-order valence-electron chi connectivity index (χ2n) is 7.31. The van der Waals surface area contributed by atoms with E-state index < -0.39 is 0 Å². The Morgan fingerprint density at radius 2 is 2.12 bits per heavy atom. The molecule has 2 N–H and O–H groups in total. The monoisotopic (exact) mass is 350 g/mol. The molecular formula is C18H22O5S. The lowest BCUT2D eigenvalue weighted by molar-refractivity contribution is -0.433. The fourth-order valence-electron chi connectivity index (χ4n) is 5.03. The van der Waals surface area contributed by atoms with E-state index in [1.54, 1.807) is 0 Å². The van der Waals surface area contributed by atoms with E-state index in [1.807, 2.05) is 12.1 Å². The summed E-state index contributed by atoms with van der Waals surface area (Å²) in [7, 11) is 0. The van der Waals surface area contributed by atoms with Crippen LogP contribution in [-0.2, 0) is 15.8 Å². The molecule has 0 saturated heterocycles. The van der Waals surface area contributed by atoms with E-state index in [4.69, 9.17) is 9.44 Å². The van der Waals surface area contributed by atoms with Crippen LogP contribution in [0.25, 0.3) is 0 Å². The fraction of sp³-hybridized carbons (Fsp3) is 0.556. The smallest absolute Gasteiger partial charge is 0.261 e. The predicted octanol–water partition coefficient (Wildman–Crippen LogP) is 4.19. The third-order valence-corrected chi connectivity index (χ3v) is 6.68. The van der Waals surface area contributed by atoms with Crippen LogP contribution in [0.2, 0.25) is 0 Å². The molecule has 2 saturated carbocycles. The predicted molar refractivity (Wildman–Crippen MR) is 90.1 cm³/mol. The molecule has 3 aliphatic carbocycles. The number of benzene rings is 1. The molecule has 0 spiro atoms. The Kier molecular flexibility index (Phi) is 4.34. The first-order chi connectivity index (χ1) is 11.6. The van der Waals surface area contributed by atoms with Gasteiger partial charge >= 0.3 is 0 Å². The van der Waals surface area contributed by atoms with Crippen molar-refractivity contribution in [3.8, 4) is 5.75 Å². The summed E-state index contributed by atoms with van der Waals surface area (Å²) in [6.07, 6.45) is 7.31. The minimum atomic E-state index is -0.160. The Labute approximate surface area is 145 Å². The summed E-state index contributed by atoms with van der Waals surface area (Å²) in [5.41, 5.74) is 4.25. The summed E-state index contributed by atoms with van der Waals surface area (Å²) in [6.45, 7) is 2.26. The topological polar surface area (TPSA) is 68.2 Å². The Morgan fingerprint density at radius 1 is 1.25 bits per heavy atom. The van der Waals surface area contributed by atoms with Crippen molar-refractivity contribution >= 4 is 12.3 Å². The van der Waals surface area contributed by atoms with Gasteiger partial charge in [-0.15, -0.1) is 0 Å². The normalized spacial score (nSPS) is 34.1. The number of fused-ring (bicyclic) bond motifs is 5. The molecule has 1 aromatic rings. The molecule has 1 aromatic carbocycles. The number of rotatable bonds is 4. The van der Waals surface area contributed by atoms with E-state index in [2.05, 4.69) is 28.4 Å². The Hall–Kier alpha value is -1.05. The van der Waals surface area contributed by atoms with Gasteiger partial charge in [-0.25, -0.2) is 5.26 Å². The van der Waals surface area contributed by atoms with E-state index in [0.717, 1.165) is 32.1 Å². The summed E-state index contributed by atoms with van der Waals surface area (Å²) >= 11 is 0.577. The van der Waals surface area contributed by atoms with Gasteiger partial charge < -0.3 is 9.29 Å². The van der Waals surface area contributed by atoms with Crippen LogP contribution in [0.1, 0.15) is 49.7 Å². The van der Waals surface area contributed by atoms with Crippen molar-refractivity contribution in [2.45, 2.75) is 51.0 Å². The molecule has 0 aliphatic heterocycles. The molecule has 0 aromatic heterocycles. The van der Waals surface area contributed by atoms with Crippen molar-refractivity contribution in [3.05, 3.63) is 41.0 Å². The van der Waals surface area contributed by atoms with E-state index >= 15 is 0 Å². The van der Waals surface area contributed by atoms with Crippen molar-refractivity contribution in [2.75, 3.05) is 0 Å². The summed E-state index contributed by atoms with van der Waals surface area (Å²) in [4.78, 5) is 0. The third kappa shape index (κ3) is 2.57. The van der Waals surface area contributed by atoms with Gasteiger partial charge in [-0.05, 0) is 61.3 Å². The molecule has 4 atom stereocenters. The molecule has 4 rings (SSSR count). The van der Waals surface area contributed by atoms with Crippen LogP contribution >= 0.6 is 12.3 Å². The number of aliphatic hydroxyl groups is 1. The van der Waals surface area contributed by atoms with Crippen LogP contribution in [0, 0.1) is 11.3 Å². The molecule has 0 heterocycles. The Morgan fingerprint density at radius 3 is 2.96 bits per heavy atom. The van der Waals surface area contributed by atoms with Crippen LogP contribution in [0.3, 0.4) is 0 Å². The highest BCUT2D eigenvalue weighted by Crippen LogP contribution is 2.59. The van der Waals surface area contributed by atoms with Gasteiger partial charge in [0.05, 0.1) is 6.10 Å². The van der Waals surface area contributed by atoms with Gasteiger partial charge in [0.25, 0.3) is 12.3 Å². The van der Waals surface area contributed by atoms with Crippen molar-refractivity contribution < 1.29 is 23.9 Å². The minimum Gasteiger partial charge on any atom is -0.399 e. The van der Waals surface area contributed by atoms with E-state index in [0.29, 0.717) is 29.9 Å². The van der Waals surface area contributed by atoms with Crippen molar-refractivity contribution in [1.82, 2.24) is 0 Å². The van der Waals surface area contributed by atoms with Crippen LogP contribution in [0.5, 0.6) is 5.75 Å². The summed E-state index contributed by atoms with van der Waals surface area (Å²) < 4.78 is 9.55. The lowest BCUT2D eigenvalue weighted by Gasteiger charge is -2.46. The SMILES string of the molecule is CC12CCC3C(=CCc4cc(OSOOO)ccc43)C1CC[C@H]2O. The minimum absolute atomic E-state index is 0.0567. The standard InChI is InChI=1S/C18H22O5S/c1-18-9-8-14-13-5-3-12(21-24-23-22-20)10-11(13)2-4-15(14)16(18)6-7-17(18)19/h3-5,10,14,16-17,19-20H,2,6-9H2,1H3/t14?,16?,17-,18?/m1/s1. The third-order valence-electron chi connectivity index (χ3n) is 6.30. The average Bonchev–Trinajstić information content (AvgIpc) is 2.90. The van der Waals surface area contributed by atoms with Crippen LogP contribution in [-0.4, -0.2) is 16.5 Å². The van der Waals surface area contributed by atoms with Crippen molar-refractivity contribution in [2.24, 2.45) is 11.3 Å². The van der Waals surface area contributed by atoms with Crippen molar-refractivity contribution in [3.63, 3.8) is 0 Å². The maximum absolute atomic E-state index is 10.4. The molecule has 3 unspecified atom stereocenters. The van der Waals surface area contributed by atoms with Gasteiger partial charge in [0.15, 0.2) is 0 Å².